The van der Waals surface area contributed by atoms with E-state index in [0.29, 0.717) is 52.7 Å². The number of ether oxygens (including phenoxy) is 4. The molecular formula is C28H29ClN2O5S. The number of nitrogens with zero attached hydrogens (tertiary/aromatic N) is 1. The number of benzene rings is 3. The molecule has 7 nitrogen and oxygen atoms in total. The van der Waals surface area contributed by atoms with Crippen LogP contribution in [0, 0.1) is 0 Å². The summed E-state index contributed by atoms with van der Waals surface area (Å²) in [5, 5.41) is 4.49. The molecule has 1 heterocycles. The normalized spacial score (nSPS) is 14.4. The largest absolute Gasteiger partial charge is 0.493 e. The Morgan fingerprint density at radius 3 is 2.49 bits per heavy atom. The predicted octanol–water partition coefficient (Wildman–Crippen LogP) is 5.91. The molecule has 0 radical (unpaired) electrons. The number of hydrogen-bond donors (Lipinski definition) is 1. The maximum absolute atomic E-state index is 12.0. The summed E-state index contributed by atoms with van der Waals surface area (Å²) in [4.78, 5) is 14.1. The number of anilines is 1. The lowest BCUT2D eigenvalue weighted by molar-refractivity contribution is 0.0526. The molecule has 9 heteroatoms. The van der Waals surface area contributed by atoms with Crippen molar-refractivity contribution in [2.45, 2.75) is 19.4 Å². The summed E-state index contributed by atoms with van der Waals surface area (Å²) in [6.45, 7) is 3.11. The standard InChI is InChI=1S/C28H29ClN2O5S/c1-4-35-27(32)18-8-10-22(11-9-18)36-17-24-23-16-26(34-3)25(33-2)14-19(23)12-13-31(24)28(37)30-21-7-5-6-20(29)15-21/h5-11,14-16,24H,4,12-13,17H2,1-3H3,(H,30,37)/t24-/m1/s1. The smallest absolute Gasteiger partial charge is 0.338 e. The third kappa shape index (κ3) is 6.26. The van der Waals surface area contributed by atoms with Gasteiger partial charge in [-0.3, -0.25) is 0 Å². The minimum Gasteiger partial charge on any atom is -0.493 e. The van der Waals surface area contributed by atoms with Crippen LogP contribution in [0.1, 0.15) is 34.5 Å². The number of hydrogen-bond acceptors (Lipinski definition) is 6. The highest BCUT2D eigenvalue weighted by Gasteiger charge is 2.31. The van der Waals surface area contributed by atoms with Crippen molar-refractivity contribution < 1.29 is 23.7 Å². The van der Waals surface area contributed by atoms with Gasteiger partial charge >= 0.3 is 5.97 Å². The molecule has 0 unspecified atom stereocenters. The topological polar surface area (TPSA) is 69.3 Å². The highest BCUT2D eigenvalue weighted by Crippen LogP contribution is 2.38. The Balaban J connectivity index is 1.60. The van der Waals surface area contributed by atoms with Gasteiger partial charge in [-0.2, -0.15) is 0 Å². The molecule has 0 saturated carbocycles. The van der Waals surface area contributed by atoms with Gasteiger partial charge in [0.05, 0.1) is 32.4 Å². The van der Waals surface area contributed by atoms with E-state index in [4.69, 9.17) is 42.8 Å². The highest BCUT2D eigenvalue weighted by molar-refractivity contribution is 7.80. The zero-order chi connectivity index (χ0) is 26.4. The van der Waals surface area contributed by atoms with Crippen molar-refractivity contribution in [3.8, 4) is 17.2 Å². The second kappa shape index (κ2) is 12.2. The van der Waals surface area contributed by atoms with Crippen molar-refractivity contribution >= 4 is 40.6 Å². The van der Waals surface area contributed by atoms with Crippen LogP contribution >= 0.6 is 23.8 Å². The van der Waals surface area contributed by atoms with Gasteiger partial charge in [0.15, 0.2) is 16.6 Å². The molecule has 37 heavy (non-hydrogen) atoms. The zero-order valence-corrected chi connectivity index (χ0v) is 22.5. The zero-order valence-electron chi connectivity index (χ0n) is 21.0. The Hall–Kier alpha value is -3.49. The molecule has 0 amide bonds. The molecule has 0 saturated heterocycles. The van der Waals surface area contributed by atoms with Crippen LogP contribution in [-0.4, -0.2) is 50.0 Å². The lowest BCUT2D eigenvalue weighted by Gasteiger charge is -2.39. The monoisotopic (exact) mass is 540 g/mol. The first kappa shape index (κ1) is 26.6. The number of nitrogens with one attached hydrogen (secondary N) is 1. The fourth-order valence-corrected chi connectivity index (χ4v) is 4.82. The summed E-state index contributed by atoms with van der Waals surface area (Å²) in [5.74, 6) is 1.60. The van der Waals surface area contributed by atoms with Crippen molar-refractivity contribution in [1.29, 1.82) is 0 Å². The number of methoxy groups -OCH3 is 2. The SMILES string of the molecule is CCOC(=O)c1ccc(OC[C@@H]2c3cc(OC)c(OC)cc3CCN2C(=S)Nc2cccc(Cl)c2)cc1. The summed E-state index contributed by atoms with van der Waals surface area (Å²) >= 11 is 12.0. The van der Waals surface area contributed by atoms with E-state index >= 15 is 0 Å². The molecule has 3 aromatic carbocycles. The Morgan fingerprint density at radius 2 is 1.81 bits per heavy atom. The van der Waals surface area contributed by atoms with Gasteiger partial charge in [-0.1, -0.05) is 17.7 Å². The first-order chi connectivity index (χ1) is 17.9. The van der Waals surface area contributed by atoms with Crippen molar-refractivity contribution in [1.82, 2.24) is 4.90 Å². The molecule has 0 fully saturated rings. The molecule has 1 atom stereocenters. The lowest BCUT2D eigenvalue weighted by Crippen LogP contribution is -2.44. The van der Waals surface area contributed by atoms with Crippen LogP contribution in [0.3, 0.4) is 0 Å². The summed E-state index contributed by atoms with van der Waals surface area (Å²) in [6.07, 6.45) is 0.776. The molecule has 1 aliphatic rings. The van der Waals surface area contributed by atoms with Crippen LogP contribution in [0.5, 0.6) is 17.2 Å². The van der Waals surface area contributed by atoms with Crippen LogP contribution in [0.15, 0.2) is 60.7 Å². The quantitative estimate of drug-likeness (QED) is 0.279. The van der Waals surface area contributed by atoms with E-state index in [1.54, 1.807) is 45.4 Å². The summed E-state index contributed by atoms with van der Waals surface area (Å²) in [5.41, 5.74) is 3.47. The van der Waals surface area contributed by atoms with Crippen molar-refractivity contribution in [3.63, 3.8) is 0 Å². The van der Waals surface area contributed by atoms with Crippen LogP contribution in [-0.2, 0) is 11.2 Å². The van der Waals surface area contributed by atoms with Crippen molar-refractivity contribution in [2.75, 3.05) is 39.3 Å². The molecule has 1 aliphatic heterocycles. The Morgan fingerprint density at radius 1 is 1.08 bits per heavy atom. The van der Waals surface area contributed by atoms with Gasteiger partial charge in [0.2, 0.25) is 0 Å². The van der Waals surface area contributed by atoms with E-state index in [2.05, 4.69) is 10.2 Å². The van der Waals surface area contributed by atoms with Crippen LogP contribution < -0.4 is 19.5 Å². The molecule has 0 aliphatic carbocycles. The van der Waals surface area contributed by atoms with Gasteiger partial charge < -0.3 is 29.2 Å². The van der Waals surface area contributed by atoms with Gasteiger partial charge in [-0.05, 0) is 91.3 Å². The molecule has 0 aromatic heterocycles. The molecular weight excluding hydrogens is 512 g/mol. The third-order valence-electron chi connectivity index (χ3n) is 6.11. The van der Waals surface area contributed by atoms with Gasteiger partial charge in [0.25, 0.3) is 0 Å². The van der Waals surface area contributed by atoms with Gasteiger partial charge in [-0.25, -0.2) is 4.79 Å². The average molecular weight is 541 g/mol. The van der Waals surface area contributed by atoms with Crippen LogP contribution in [0.25, 0.3) is 0 Å². The van der Waals surface area contributed by atoms with E-state index in [1.807, 2.05) is 36.4 Å². The molecule has 194 valence electrons. The fourth-order valence-electron chi connectivity index (χ4n) is 4.29. The lowest BCUT2D eigenvalue weighted by atomic mass is 9.92. The summed E-state index contributed by atoms with van der Waals surface area (Å²) < 4.78 is 22.4. The van der Waals surface area contributed by atoms with E-state index in [9.17, 15) is 4.79 Å². The second-order valence-electron chi connectivity index (χ2n) is 8.36. The molecule has 0 spiro atoms. The Bertz CT molecular complexity index is 1270. The minimum absolute atomic E-state index is 0.201. The third-order valence-corrected chi connectivity index (χ3v) is 6.68. The van der Waals surface area contributed by atoms with Crippen molar-refractivity contribution in [2.24, 2.45) is 0 Å². The molecule has 4 rings (SSSR count). The van der Waals surface area contributed by atoms with Gasteiger partial charge in [-0.15, -0.1) is 0 Å². The van der Waals surface area contributed by atoms with Gasteiger partial charge in [0.1, 0.15) is 12.4 Å². The van der Waals surface area contributed by atoms with Crippen LogP contribution in [0.2, 0.25) is 5.02 Å². The summed E-state index contributed by atoms with van der Waals surface area (Å²) in [6, 6.07) is 18.1. The molecule has 3 aromatic rings. The van der Waals surface area contributed by atoms with Crippen LogP contribution in [0.4, 0.5) is 5.69 Å². The first-order valence-corrected chi connectivity index (χ1v) is 12.7. The number of halogens is 1. The minimum atomic E-state index is -0.361. The van der Waals surface area contributed by atoms with Gasteiger partial charge in [0, 0.05) is 17.3 Å². The number of carbonyl (C=O) groups excluding carboxylic acids is 1. The Kier molecular flexibility index (Phi) is 8.74. The number of carbonyl (C=O) groups is 1. The first-order valence-electron chi connectivity index (χ1n) is 11.9. The molecule has 0 bridgehead atoms. The molecule has 1 N–H and O–H groups in total. The number of fused-ring (bicyclic) bond motifs is 1. The van der Waals surface area contributed by atoms with E-state index in [-0.39, 0.29) is 12.0 Å². The maximum Gasteiger partial charge on any atom is 0.338 e. The second-order valence-corrected chi connectivity index (χ2v) is 9.18. The van der Waals surface area contributed by atoms with E-state index in [0.717, 1.165) is 23.2 Å². The highest BCUT2D eigenvalue weighted by atomic mass is 35.5. The van der Waals surface area contributed by atoms with E-state index in [1.165, 1.54) is 0 Å². The number of thiocarbonyl (C=S) groups is 1. The van der Waals surface area contributed by atoms with Crippen molar-refractivity contribution in [3.05, 3.63) is 82.4 Å². The Labute approximate surface area is 227 Å². The average Bonchev–Trinajstić information content (AvgIpc) is 2.91. The summed E-state index contributed by atoms with van der Waals surface area (Å²) in [7, 11) is 3.25. The number of esters is 1. The maximum atomic E-state index is 12.0. The number of rotatable bonds is 8. The van der Waals surface area contributed by atoms with E-state index < -0.39 is 0 Å². The fraction of sp³-hybridized carbons (Fsp3) is 0.286. The predicted molar refractivity (Wildman–Crippen MR) is 148 cm³/mol.